The highest BCUT2D eigenvalue weighted by Gasteiger charge is 2.32. The van der Waals surface area contributed by atoms with Crippen LogP contribution in [0.1, 0.15) is 13.3 Å². The lowest BCUT2D eigenvalue weighted by atomic mass is 10.5. The molecule has 11 heteroatoms. The zero-order valence-corrected chi connectivity index (χ0v) is 15.3. The maximum absolute atomic E-state index is 12.5. The van der Waals surface area contributed by atoms with Gasteiger partial charge in [0, 0.05) is 35.0 Å². The van der Waals surface area contributed by atoms with Crippen LogP contribution in [0.15, 0.2) is 17.4 Å². The quantitative estimate of drug-likeness (QED) is 0.314. The monoisotopic (exact) mass is 354 g/mol. The Morgan fingerprint density at radius 3 is 2.23 bits per heavy atom. The fourth-order valence-electron chi connectivity index (χ4n) is 1.25. The predicted octanol–water partition coefficient (Wildman–Crippen LogP) is 2.43. The summed E-state index contributed by atoms with van der Waals surface area (Å²) in [6.07, 6.45) is 0.883. The van der Waals surface area contributed by atoms with Crippen LogP contribution >= 0.6 is 16.0 Å². The summed E-state index contributed by atoms with van der Waals surface area (Å²) in [5.41, 5.74) is -0.405. The van der Waals surface area contributed by atoms with Gasteiger partial charge in [0.25, 0.3) is 0 Å². The number of amidine groups is 2. The van der Waals surface area contributed by atoms with E-state index < -0.39 is 16.0 Å². The fraction of sp³-hybridized carbons (Fsp3) is 0.636. The standard InChI is InChI=1S/C11H24N4O5P2/c1-7-8-13-9(2)14-11(22(16,19-5)20-6)15-10(12)21(17-3)18-4/h13H,2,7-8H2,1,3-6H3,(H2,12,14,15). The van der Waals surface area contributed by atoms with Crippen LogP contribution < -0.4 is 10.6 Å². The number of hydrogen-bond donors (Lipinski definition) is 3. The van der Waals surface area contributed by atoms with E-state index in [2.05, 4.69) is 22.2 Å². The van der Waals surface area contributed by atoms with E-state index in [0.29, 0.717) is 12.4 Å². The van der Waals surface area contributed by atoms with Crippen molar-refractivity contribution in [2.45, 2.75) is 13.3 Å². The van der Waals surface area contributed by atoms with Gasteiger partial charge in [0.15, 0.2) is 0 Å². The molecule has 0 aromatic heterocycles. The summed E-state index contributed by atoms with van der Waals surface area (Å²) in [5.74, 6) is 0.363. The first kappa shape index (κ1) is 21.2. The van der Waals surface area contributed by atoms with Crippen LogP contribution in [0, 0.1) is 5.41 Å². The molecule has 0 spiro atoms. The van der Waals surface area contributed by atoms with Crippen molar-refractivity contribution >= 4 is 27.1 Å². The van der Waals surface area contributed by atoms with Crippen LogP contribution in [0.3, 0.4) is 0 Å². The van der Waals surface area contributed by atoms with E-state index in [1.165, 1.54) is 28.4 Å². The molecule has 3 N–H and O–H groups in total. The highest BCUT2D eigenvalue weighted by atomic mass is 31.2. The Bertz CT molecular complexity index is 446. The average molecular weight is 354 g/mol. The third-order valence-corrected chi connectivity index (χ3v) is 5.11. The maximum Gasteiger partial charge on any atom is 0.396 e. The van der Waals surface area contributed by atoms with Gasteiger partial charge in [-0.1, -0.05) is 13.5 Å². The van der Waals surface area contributed by atoms with Crippen LogP contribution in [-0.2, 0) is 22.7 Å². The van der Waals surface area contributed by atoms with Crippen molar-refractivity contribution in [2.75, 3.05) is 35.0 Å². The fourth-order valence-corrected chi connectivity index (χ4v) is 2.99. The van der Waals surface area contributed by atoms with E-state index >= 15 is 0 Å². The molecule has 0 fully saturated rings. The molecule has 0 aliphatic rings. The molecule has 0 radical (unpaired) electrons. The van der Waals surface area contributed by atoms with Gasteiger partial charge in [-0.15, -0.1) is 0 Å². The lowest BCUT2D eigenvalue weighted by molar-refractivity contribution is 0.289. The van der Waals surface area contributed by atoms with E-state index in [0.717, 1.165) is 6.42 Å². The molecule has 0 saturated heterocycles. The lowest BCUT2D eigenvalue weighted by Gasteiger charge is -2.20. The van der Waals surface area contributed by atoms with Crippen molar-refractivity contribution in [3.8, 4) is 0 Å². The molecule has 0 amide bonds. The smallest absolute Gasteiger partial charge is 0.372 e. The van der Waals surface area contributed by atoms with Crippen molar-refractivity contribution in [2.24, 2.45) is 4.99 Å². The molecule has 128 valence electrons. The lowest BCUT2D eigenvalue weighted by Crippen LogP contribution is -2.32. The summed E-state index contributed by atoms with van der Waals surface area (Å²) < 4.78 is 32.3. The summed E-state index contributed by atoms with van der Waals surface area (Å²) >= 11 is 0. The normalized spacial score (nSPS) is 12.4. The van der Waals surface area contributed by atoms with Gasteiger partial charge in [-0.3, -0.25) is 9.97 Å². The molecule has 0 aromatic rings. The van der Waals surface area contributed by atoms with E-state index in [9.17, 15) is 4.57 Å². The second-order valence-electron chi connectivity index (χ2n) is 3.77. The molecular weight excluding hydrogens is 330 g/mol. The molecule has 0 bridgehead atoms. The van der Waals surface area contributed by atoms with E-state index in [1.54, 1.807) is 0 Å². The summed E-state index contributed by atoms with van der Waals surface area (Å²) in [6, 6.07) is 0. The molecule has 0 aliphatic heterocycles. The van der Waals surface area contributed by atoms with E-state index in [1.807, 2.05) is 6.92 Å². The minimum atomic E-state index is -3.70. The number of aliphatic imine (C=N–C) groups is 1. The Labute approximate surface area is 132 Å². The average Bonchev–Trinajstić information content (AvgIpc) is 2.52. The van der Waals surface area contributed by atoms with Crippen molar-refractivity contribution in [3.63, 3.8) is 0 Å². The minimum absolute atomic E-state index is 0.169. The van der Waals surface area contributed by atoms with Crippen molar-refractivity contribution in [1.29, 1.82) is 5.41 Å². The van der Waals surface area contributed by atoms with Gasteiger partial charge < -0.3 is 28.7 Å². The van der Waals surface area contributed by atoms with Gasteiger partial charge in [-0.2, -0.15) is 4.99 Å². The number of hydrogen-bond acceptors (Lipinski definition) is 7. The number of nitrogens with one attached hydrogen (secondary N) is 3. The molecule has 0 aromatic carbocycles. The second kappa shape index (κ2) is 10.8. The topological polar surface area (TPSA) is 114 Å². The van der Waals surface area contributed by atoms with Crippen LogP contribution in [0.25, 0.3) is 0 Å². The Morgan fingerprint density at radius 1 is 1.27 bits per heavy atom. The molecule has 0 atom stereocenters. The van der Waals surface area contributed by atoms with E-state index in [-0.39, 0.29) is 11.2 Å². The van der Waals surface area contributed by atoms with Gasteiger partial charge in [0.05, 0.1) is 5.82 Å². The van der Waals surface area contributed by atoms with Crippen LogP contribution in [0.5, 0.6) is 0 Å². The Kier molecular flexibility index (Phi) is 10.4. The van der Waals surface area contributed by atoms with Crippen molar-refractivity contribution < 1.29 is 22.7 Å². The van der Waals surface area contributed by atoms with Crippen LogP contribution in [0.2, 0.25) is 0 Å². The largest absolute Gasteiger partial charge is 0.396 e. The first-order valence-electron chi connectivity index (χ1n) is 6.35. The van der Waals surface area contributed by atoms with Crippen molar-refractivity contribution in [1.82, 2.24) is 10.6 Å². The molecule has 0 saturated carbocycles. The second-order valence-corrected chi connectivity index (χ2v) is 7.59. The first-order chi connectivity index (χ1) is 10.4. The highest BCUT2D eigenvalue weighted by Crippen LogP contribution is 2.48. The van der Waals surface area contributed by atoms with Gasteiger partial charge in [-0.25, -0.2) is 0 Å². The molecule has 0 heterocycles. The summed E-state index contributed by atoms with van der Waals surface area (Å²) in [7, 11) is -0.137. The van der Waals surface area contributed by atoms with Gasteiger partial charge in [0.1, 0.15) is 0 Å². The summed E-state index contributed by atoms with van der Waals surface area (Å²) in [6.45, 7) is 6.40. The summed E-state index contributed by atoms with van der Waals surface area (Å²) in [4.78, 5) is 3.93. The van der Waals surface area contributed by atoms with Gasteiger partial charge in [-0.05, 0) is 6.42 Å². The molecule has 0 aliphatic carbocycles. The molecule has 22 heavy (non-hydrogen) atoms. The minimum Gasteiger partial charge on any atom is -0.372 e. The number of rotatable bonds is 10. The molecular formula is C11H24N4O5P2. The van der Waals surface area contributed by atoms with Gasteiger partial charge in [0.2, 0.25) is 19.5 Å². The Morgan fingerprint density at radius 2 is 1.82 bits per heavy atom. The molecule has 0 rings (SSSR count). The van der Waals surface area contributed by atoms with Gasteiger partial charge >= 0.3 is 7.60 Å². The predicted molar refractivity (Wildman–Crippen MR) is 88.3 cm³/mol. The number of nitrogens with zero attached hydrogens (tertiary/aromatic N) is 1. The molecule has 9 nitrogen and oxygen atoms in total. The highest BCUT2D eigenvalue weighted by molar-refractivity contribution is 7.72. The maximum atomic E-state index is 12.5. The van der Waals surface area contributed by atoms with E-state index in [4.69, 9.17) is 23.5 Å². The SMILES string of the molecule is C=C(NCCC)NC(=NC(=N)P(OC)OC)P(=O)(OC)OC. The van der Waals surface area contributed by atoms with Crippen LogP contribution in [-0.4, -0.2) is 46.1 Å². The van der Waals surface area contributed by atoms with Crippen molar-refractivity contribution in [3.05, 3.63) is 12.4 Å². The summed E-state index contributed by atoms with van der Waals surface area (Å²) in [5, 5.41) is 13.5. The first-order valence-corrected chi connectivity index (χ1v) is 9.07. The third kappa shape index (κ3) is 6.52. The molecule has 0 unspecified atom stereocenters. The zero-order valence-electron chi connectivity index (χ0n) is 13.5. The Balaban J connectivity index is 5.38. The Hall–Kier alpha value is -0.820. The van der Waals surface area contributed by atoms with Crippen LogP contribution in [0.4, 0.5) is 0 Å². The zero-order chi connectivity index (χ0) is 17.2. The third-order valence-electron chi connectivity index (χ3n) is 2.31.